The standard InChI is InChI=1S/C6H6N4O4S/c7-5-8-2(1-15-5)3(10-14)4(11)9-6(12)13/h1,14H,(H2,7,8)(H,9,11)(H,12,13). The van der Waals surface area contributed by atoms with Gasteiger partial charge in [0.1, 0.15) is 5.69 Å². The average molecular weight is 230 g/mol. The fraction of sp³-hybridized carbons (Fsp3) is 0. The van der Waals surface area contributed by atoms with Gasteiger partial charge in [0.15, 0.2) is 10.8 Å². The first-order valence-electron chi connectivity index (χ1n) is 3.52. The van der Waals surface area contributed by atoms with E-state index in [0.717, 1.165) is 11.3 Å². The number of rotatable bonds is 2. The van der Waals surface area contributed by atoms with Gasteiger partial charge in [0, 0.05) is 5.38 Å². The lowest BCUT2D eigenvalue weighted by Crippen LogP contribution is -2.35. The van der Waals surface area contributed by atoms with E-state index in [9.17, 15) is 9.59 Å². The van der Waals surface area contributed by atoms with Gasteiger partial charge in [-0.2, -0.15) is 0 Å². The molecule has 2 amide bonds. The normalized spacial score (nSPS) is 11.1. The molecule has 0 radical (unpaired) electrons. The van der Waals surface area contributed by atoms with E-state index < -0.39 is 17.7 Å². The van der Waals surface area contributed by atoms with Crippen LogP contribution in [0.25, 0.3) is 0 Å². The molecule has 0 fully saturated rings. The van der Waals surface area contributed by atoms with Crippen LogP contribution < -0.4 is 11.1 Å². The van der Waals surface area contributed by atoms with Crippen molar-refractivity contribution in [3.63, 3.8) is 0 Å². The van der Waals surface area contributed by atoms with E-state index in [-0.39, 0.29) is 10.8 Å². The lowest BCUT2D eigenvalue weighted by atomic mass is 10.3. The molecule has 1 aromatic heterocycles. The van der Waals surface area contributed by atoms with Crippen LogP contribution >= 0.6 is 11.3 Å². The Balaban J connectivity index is 2.91. The molecule has 0 saturated carbocycles. The van der Waals surface area contributed by atoms with Crippen LogP contribution in [0, 0.1) is 0 Å². The minimum atomic E-state index is -1.55. The number of carbonyl (C=O) groups excluding carboxylic acids is 1. The van der Waals surface area contributed by atoms with Gasteiger partial charge in [0.05, 0.1) is 0 Å². The maximum atomic E-state index is 11.1. The number of carboxylic acid groups (broad SMARTS) is 1. The smallest absolute Gasteiger partial charge is 0.411 e. The highest BCUT2D eigenvalue weighted by atomic mass is 32.1. The predicted molar refractivity (Wildman–Crippen MR) is 51.0 cm³/mol. The Kier molecular flexibility index (Phi) is 3.18. The summed E-state index contributed by atoms with van der Waals surface area (Å²) in [5, 5.41) is 22.5. The van der Waals surface area contributed by atoms with Crippen LogP contribution in [0.15, 0.2) is 10.5 Å². The molecule has 0 aromatic carbocycles. The van der Waals surface area contributed by atoms with Crippen molar-refractivity contribution in [2.75, 3.05) is 5.73 Å². The number of amides is 2. The van der Waals surface area contributed by atoms with E-state index in [1.807, 2.05) is 0 Å². The van der Waals surface area contributed by atoms with Crippen molar-refractivity contribution in [2.45, 2.75) is 0 Å². The molecule has 1 rings (SSSR count). The number of nitrogens with zero attached hydrogens (tertiary/aromatic N) is 2. The highest BCUT2D eigenvalue weighted by molar-refractivity contribution is 7.13. The molecule has 0 bridgehead atoms. The third kappa shape index (κ3) is 2.64. The molecule has 0 aliphatic rings. The highest BCUT2D eigenvalue weighted by Gasteiger charge is 2.19. The third-order valence-electron chi connectivity index (χ3n) is 1.30. The highest BCUT2D eigenvalue weighted by Crippen LogP contribution is 2.11. The summed E-state index contributed by atoms with van der Waals surface area (Å²) in [6.45, 7) is 0. The van der Waals surface area contributed by atoms with Crippen LogP contribution in [0.1, 0.15) is 5.69 Å². The molecule has 9 heteroatoms. The number of imide groups is 1. The van der Waals surface area contributed by atoms with Gasteiger partial charge in [-0.15, -0.1) is 11.3 Å². The Labute approximate surface area is 87.0 Å². The van der Waals surface area contributed by atoms with Crippen molar-refractivity contribution < 1.29 is 19.9 Å². The van der Waals surface area contributed by atoms with Gasteiger partial charge in [0.2, 0.25) is 0 Å². The van der Waals surface area contributed by atoms with Gasteiger partial charge in [0.25, 0.3) is 5.91 Å². The van der Waals surface area contributed by atoms with Gasteiger partial charge in [-0.1, -0.05) is 5.16 Å². The maximum absolute atomic E-state index is 11.1. The van der Waals surface area contributed by atoms with Crippen molar-refractivity contribution in [1.29, 1.82) is 0 Å². The van der Waals surface area contributed by atoms with Crippen LogP contribution in [-0.4, -0.2) is 33.0 Å². The Morgan fingerprint density at radius 1 is 1.60 bits per heavy atom. The van der Waals surface area contributed by atoms with Gasteiger partial charge in [-0.25, -0.2) is 9.78 Å². The third-order valence-corrected chi connectivity index (χ3v) is 1.97. The molecule has 1 heterocycles. The van der Waals surface area contributed by atoms with Gasteiger partial charge >= 0.3 is 6.09 Å². The molecule has 0 saturated heterocycles. The van der Waals surface area contributed by atoms with E-state index >= 15 is 0 Å². The zero-order valence-electron chi connectivity index (χ0n) is 7.17. The van der Waals surface area contributed by atoms with Crippen molar-refractivity contribution in [2.24, 2.45) is 5.16 Å². The van der Waals surface area contributed by atoms with Crippen LogP contribution in [0.5, 0.6) is 0 Å². The zero-order chi connectivity index (χ0) is 11.4. The van der Waals surface area contributed by atoms with E-state index in [0.29, 0.717) is 0 Å². The van der Waals surface area contributed by atoms with E-state index in [2.05, 4.69) is 10.1 Å². The van der Waals surface area contributed by atoms with Crippen molar-refractivity contribution >= 4 is 34.2 Å². The second kappa shape index (κ2) is 4.37. The first-order chi connectivity index (χ1) is 7.04. The fourth-order valence-corrected chi connectivity index (χ4v) is 1.31. The number of nitrogen functional groups attached to an aromatic ring is 1. The number of thiazole rings is 1. The van der Waals surface area contributed by atoms with Crippen LogP contribution in [-0.2, 0) is 4.79 Å². The molecule has 5 N–H and O–H groups in total. The number of oxime groups is 1. The SMILES string of the molecule is Nc1nc(C(=NO)C(=O)NC(=O)O)cs1. The molecule has 80 valence electrons. The summed E-state index contributed by atoms with van der Waals surface area (Å²) in [4.78, 5) is 25.0. The molecule has 15 heavy (non-hydrogen) atoms. The Morgan fingerprint density at radius 3 is 2.67 bits per heavy atom. The first-order valence-corrected chi connectivity index (χ1v) is 4.40. The molecule has 0 spiro atoms. The van der Waals surface area contributed by atoms with Crippen LogP contribution in [0.4, 0.5) is 9.93 Å². The molecule has 0 unspecified atom stereocenters. The number of nitrogens with two attached hydrogens (primary N) is 1. The largest absolute Gasteiger partial charge is 0.465 e. The number of carbonyl (C=O) groups is 2. The molecular formula is C6H6N4O4S. The summed E-state index contributed by atoms with van der Waals surface area (Å²) in [5.41, 5.74) is 4.80. The summed E-state index contributed by atoms with van der Waals surface area (Å²) >= 11 is 1.03. The number of hydrogen-bond donors (Lipinski definition) is 4. The lowest BCUT2D eigenvalue weighted by molar-refractivity contribution is -0.114. The number of hydrogen-bond acceptors (Lipinski definition) is 7. The van der Waals surface area contributed by atoms with Crippen molar-refractivity contribution in [1.82, 2.24) is 10.3 Å². The molecule has 0 atom stereocenters. The fourth-order valence-electron chi connectivity index (χ4n) is 0.766. The van der Waals surface area contributed by atoms with E-state index in [1.165, 1.54) is 10.7 Å². The number of nitrogens with one attached hydrogen (secondary N) is 1. The summed E-state index contributed by atoms with van der Waals surface area (Å²) in [7, 11) is 0. The number of anilines is 1. The zero-order valence-corrected chi connectivity index (χ0v) is 7.98. The van der Waals surface area contributed by atoms with Gasteiger partial charge in [-0.3, -0.25) is 10.1 Å². The van der Waals surface area contributed by atoms with E-state index in [4.69, 9.17) is 16.0 Å². The van der Waals surface area contributed by atoms with Gasteiger partial charge < -0.3 is 16.0 Å². The quantitative estimate of drug-likeness (QED) is 0.312. The molecule has 1 aromatic rings. The maximum Gasteiger partial charge on any atom is 0.411 e. The summed E-state index contributed by atoms with van der Waals surface area (Å²) < 4.78 is 0. The van der Waals surface area contributed by atoms with Crippen molar-refractivity contribution in [3.05, 3.63) is 11.1 Å². The monoisotopic (exact) mass is 230 g/mol. The lowest BCUT2D eigenvalue weighted by Gasteiger charge is -1.98. The first kappa shape index (κ1) is 10.9. The predicted octanol–water partition coefficient (Wildman–Crippen LogP) is -0.302. The summed E-state index contributed by atoms with van der Waals surface area (Å²) in [6, 6.07) is 0. The van der Waals surface area contributed by atoms with Crippen molar-refractivity contribution in [3.8, 4) is 0 Å². The Hall–Kier alpha value is -2.16. The van der Waals surface area contributed by atoms with E-state index in [1.54, 1.807) is 0 Å². The molecule has 0 aliphatic carbocycles. The van der Waals surface area contributed by atoms with Crippen LogP contribution in [0.3, 0.4) is 0 Å². The average Bonchev–Trinajstić information content (AvgIpc) is 2.51. The number of aromatic nitrogens is 1. The second-order valence-electron chi connectivity index (χ2n) is 2.28. The minimum Gasteiger partial charge on any atom is -0.465 e. The summed E-state index contributed by atoms with van der Waals surface area (Å²) in [5.74, 6) is -1.07. The molecule has 8 nitrogen and oxygen atoms in total. The van der Waals surface area contributed by atoms with Crippen LogP contribution in [0.2, 0.25) is 0 Å². The molecule has 0 aliphatic heterocycles. The summed E-state index contributed by atoms with van der Waals surface area (Å²) in [6.07, 6.45) is -1.55. The molecular weight excluding hydrogens is 224 g/mol. The second-order valence-corrected chi connectivity index (χ2v) is 3.17. The van der Waals surface area contributed by atoms with Gasteiger partial charge in [-0.05, 0) is 0 Å². The Morgan fingerprint density at radius 2 is 2.27 bits per heavy atom. The Bertz CT molecular complexity index is 427. The minimum absolute atomic E-state index is 0.0127. The topological polar surface area (TPSA) is 138 Å².